The third-order valence-electron chi connectivity index (χ3n) is 6.21. The highest BCUT2D eigenvalue weighted by molar-refractivity contribution is 6.31. The van der Waals surface area contributed by atoms with Crippen molar-refractivity contribution >= 4 is 28.5 Å². The Labute approximate surface area is 206 Å². The van der Waals surface area contributed by atoms with E-state index in [2.05, 4.69) is 0 Å². The molecule has 4 aromatic rings. The summed E-state index contributed by atoms with van der Waals surface area (Å²) in [6.45, 7) is -0.0530. The summed E-state index contributed by atoms with van der Waals surface area (Å²) in [6, 6.07) is 18.1. The second-order valence-corrected chi connectivity index (χ2v) is 8.65. The quantitative estimate of drug-likeness (QED) is 0.419. The molecule has 2 unspecified atom stereocenters. The van der Waals surface area contributed by atoms with Gasteiger partial charge in [-0.2, -0.15) is 0 Å². The van der Waals surface area contributed by atoms with Gasteiger partial charge in [0.1, 0.15) is 5.58 Å². The van der Waals surface area contributed by atoms with Gasteiger partial charge in [-0.05, 0) is 41.5 Å². The molecule has 2 atom stereocenters. The zero-order valence-electron chi connectivity index (χ0n) is 19.0. The molecule has 0 spiro atoms. The zero-order valence-corrected chi connectivity index (χ0v) is 19.8. The predicted molar refractivity (Wildman–Crippen MR) is 131 cm³/mol. The fourth-order valence-electron chi connectivity index (χ4n) is 4.52. The van der Waals surface area contributed by atoms with Crippen LogP contribution < -0.4 is 14.9 Å². The van der Waals surface area contributed by atoms with Gasteiger partial charge in [-0.15, -0.1) is 0 Å². The van der Waals surface area contributed by atoms with Crippen molar-refractivity contribution in [3.05, 3.63) is 104 Å². The number of carbonyl (C=O) groups is 1. The molecule has 1 aliphatic heterocycles. The summed E-state index contributed by atoms with van der Waals surface area (Å²) in [5.74, 6) is 0.422. The number of aliphatic hydroxyl groups excluding tert-OH is 1. The maximum Gasteiger partial charge on any atom is 0.291 e. The van der Waals surface area contributed by atoms with E-state index in [0.717, 1.165) is 0 Å². The topological polar surface area (TPSA) is 89.2 Å². The molecule has 1 aliphatic rings. The highest BCUT2D eigenvalue weighted by Crippen LogP contribution is 2.41. The van der Waals surface area contributed by atoms with Crippen molar-refractivity contribution in [2.45, 2.75) is 12.1 Å². The molecule has 0 saturated heterocycles. The molecule has 0 saturated carbocycles. The Morgan fingerprint density at radius 1 is 1.00 bits per heavy atom. The van der Waals surface area contributed by atoms with Gasteiger partial charge in [-0.3, -0.25) is 9.59 Å². The van der Waals surface area contributed by atoms with E-state index < -0.39 is 18.1 Å². The maximum absolute atomic E-state index is 13.7. The first-order valence-electron chi connectivity index (χ1n) is 10.9. The summed E-state index contributed by atoms with van der Waals surface area (Å²) in [5.41, 5.74) is 1.37. The van der Waals surface area contributed by atoms with Crippen LogP contribution in [-0.4, -0.2) is 36.7 Å². The van der Waals surface area contributed by atoms with Crippen molar-refractivity contribution in [1.29, 1.82) is 0 Å². The minimum atomic E-state index is -0.976. The Morgan fingerprint density at radius 2 is 1.74 bits per heavy atom. The van der Waals surface area contributed by atoms with E-state index in [4.69, 9.17) is 25.5 Å². The lowest BCUT2D eigenvalue weighted by molar-refractivity contribution is 0.0583. The number of amides is 1. The van der Waals surface area contributed by atoms with Gasteiger partial charge in [0, 0.05) is 5.02 Å². The van der Waals surface area contributed by atoms with Gasteiger partial charge < -0.3 is 23.9 Å². The van der Waals surface area contributed by atoms with Crippen molar-refractivity contribution in [2.24, 2.45) is 0 Å². The molecular weight excluding hydrogens is 470 g/mol. The van der Waals surface area contributed by atoms with Crippen LogP contribution in [0, 0.1) is 0 Å². The van der Waals surface area contributed by atoms with Crippen molar-refractivity contribution in [1.82, 2.24) is 4.90 Å². The third kappa shape index (κ3) is 3.92. The molecule has 5 rings (SSSR count). The molecule has 0 bridgehead atoms. The molecule has 1 N–H and O–H groups in total. The van der Waals surface area contributed by atoms with Crippen LogP contribution in [-0.2, 0) is 0 Å². The summed E-state index contributed by atoms with van der Waals surface area (Å²) >= 11 is 6.14. The highest BCUT2D eigenvalue weighted by atomic mass is 35.5. The molecule has 3 aromatic carbocycles. The van der Waals surface area contributed by atoms with Crippen molar-refractivity contribution < 1.29 is 23.8 Å². The van der Waals surface area contributed by atoms with E-state index in [-0.39, 0.29) is 34.3 Å². The minimum absolute atomic E-state index is 0.0510. The first kappa shape index (κ1) is 23.0. The van der Waals surface area contributed by atoms with Crippen LogP contribution in [0.15, 0.2) is 75.9 Å². The fraction of sp³-hybridized carbons (Fsp3) is 0.185. The normalized spacial score (nSPS) is 15.8. The zero-order chi connectivity index (χ0) is 24.7. The number of halogens is 1. The molecule has 0 aliphatic carbocycles. The van der Waals surface area contributed by atoms with Crippen molar-refractivity contribution in [3.8, 4) is 11.5 Å². The SMILES string of the molecule is COc1ccc(C2c3c(oc4ccc(Cl)cc4c3=O)C(=O)N2CC(O)c2ccccc2)cc1OC. The van der Waals surface area contributed by atoms with Crippen LogP contribution in [0.3, 0.4) is 0 Å². The molecule has 8 heteroatoms. The van der Waals surface area contributed by atoms with Gasteiger partial charge in [0.15, 0.2) is 16.9 Å². The second-order valence-electron chi connectivity index (χ2n) is 8.22. The van der Waals surface area contributed by atoms with Gasteiger partial charge in [-0.25, -0.2) is 0 Å². The number of nitrogens with zero attached hydrogens (tertiary/aromatic N) is 1. The first-order chi connectivity index (χ1) is 16.9. The lowest BCUT2D eigenvalue weighted by Crippen LogP contribution is -2.33. The second kappa shape index (κ2) is 9.09. The Balaban J connectivity index is 1.70. The number of hydrogen-bond donors (Lipinski definition) is 1. The standard InChI is InChI=1S/C27H22ClNO6/c1-33-21-10-8-16(12-22(21)34-2)24-23-25(31)18-13-17(28)9-11-20(18)35-26(23)27(32)29(24)14-19(30)15-6-4-3-5-7-15/h3-13,19,24,30H,14H2,1-2H3. The first-order valence-corrected chi connectivity index (χ1v) is 11.3. The number of aliphatic hydroxyl groups is 1. The molecule has 178 valence electrons. The van der Waals surface area contributed by atoms with Gasteiger partial charge >= 0.3 is 0 Å². The Hall–Kier alpha value is -3.81. The van der Waals surface area contributed by atoms with E-state index in [0.29, 0.717) is 27.6 Å². The summed E-state index contributed by atoms with van der Waals surface area (Å²) in [6.07, 6.45) is -0.976. The van der Waals surface area contributed by atoms with E-state index >= 15 is 0 Å². The summed E-state index contributed by atoms with van der Waals surface area (Å²) in [4.78, 5) is 28.7. The van der Waals surface area contributed by atoms with E-state index in [9.17, 15) is 14.7 Å². The molecule has 1 aromatic heterocycles. The average Bonchev–Trinajstić information content (AvgIpc) is 3.16. The number of rotatable bonds is 6. The summed E-state index contributed by atoms with van der Waals surface area (Å²) in [5, 5.41) is 11.6. The van der Waals surface area contributed by atoms with Crippen LogP contribution in [0.25, 0.3) is 11.0 Å². The molecule has 35 heavy (non-hydrogen) atoms. The number of β-amino-alcohol motifs (C(OH)–C–C–N with tert-alkyl or cyclic N) is 1. The van der Waals surface area contributed by atoms with Gasteiger partial charge in [0.2, 0.25) is 5.76 Å². The van der Waals surface area contributed by atoms with Crippen LogP contribution >= 0.6 is 11.6 Å². The number of ether oxygens (including phenoxy) is 2. The average molecular weight is 492 g/mol. The molecule has 1 amide bonds. The molecule has 7 nitrogen and oxygen atoms in total. The van der Waals surface area contributed by atoms with Crippen molar-refractivity contribution in [2.75, 3.05) is 20.8 Å². The smallest absolute Gasteiger partial charge is 0.291 e. The van der Waals surface area contributed by atoms with E-state index in [1.54, 1.807) is 42.5 Å². The molecule has 2 heterocycles. The predicted octanol–water partition coefficient (Wildman–Crippen LogP) is 4.74. The van der Waals surface area contributed by atoms with Crippen LogP contribution in [0.5, 0.6) is 11.5 Å². The van der Waals surface area contributed by atoms with E-state index in [1.165, 1.54) is 25.2 Å². The number of fused-ring (bicyclic) bond motifs is 2. The summed E-state index contributed by atoms with van der Waals surface area (Å²) in [7, 11) is 3.04. The van der Waals surface area contributed by atoms with Crippen LogP contribution in [0.4, 0.5) is 0 Å². The molecule has 0 fully saturated rings. The Morgan fingerprint density at radius 3 is 2.46 bits per heavy atom. The Kier molecular flexibility index (Phi) is 5.96. The largest absolute Gasteiger partial charge is 0.493 e. The molecular formula is C27H22ClNO6. The van der Waals surface area contributed by atoms with Crippen LogP contribution in [0.1, 0.15) is 39.4 Å². The van der Waals surface area contributed by atoms with Crippen molar-refractivity contribution in [3.63, 3.8) is 0 Å². The number of methoxy groups -OCH3 is 2. The van der Waals surface area contributed by atoms with Gasteiger partial charge in [-0.1, -0.05) is 48.0 Å². The summed E-state index contributed by atoms with van der Waals surface area (Å²) < 4.78 is 16.7. The third-order valence-corrected chi connectivity index (χ3v) is 6.44. The Bertz CT molecular complexity index is 1480. The van der Waals surface area contributed by atoms with E-state index in [1.807, 2.05) is 18.2 Å². The van der Waals surface area contributed by atoms with Gasteiger partial charge in [0.05, 0.1) is 43.9 Å². The number of hydrogen-bond acceptors (Lipinski definition) is 6. The van der Waals surface area contributed by atoms with Gasteiger partial charge in [0.25, 0.3) is 5.91 Å². The lowest BCUT2D eigenvalue weighted by Gasteiger charge is -2.28. The minimum Gasteiger partial charge on any atom is -0.493 e. The van der Waals surface area contributed by atoms with Crippen LogP contribution in [0.2, 0.25) is 5.02 Å². The number of benzene rings is 3. The monoisotopic (exact) mass is 491 g/mol. The lowest BCUT2D eigenvalue weighted by atomic mass is 9.97. The number of carbonyl (C=O) groups excluding carboxylic acids is 1. The molecule has 0 radical (unpaired) electrons. The maximum atomic E-state index is 13.7. The highest BCUT2D eigenvalue weighted by Gasteiger charge is 2.43. The fourth-order valence-corrected chi connectivity index (χ4v) is 4.69.